The first-order chi connectivity index (χ1) is 12.0. The normalized spacial score (nSPS) is 23.9. The van der Waals surface area contributed by atoms with Crippen LogP contribution in [0.3, 0.4) is 0 Å². The molecule has 0 radical (unpaired) electrons. The van der Waals surface area contributed by atoms with Gasteiger partial charge in [-0.05, 0) is 49.3 Å². The second kappa shape index (κ2) is 7.85. The monoisotopic (exact) mass is 366 g/mol. The van der Waals surface area contributed by atoms with Crippen LogP contribution in [0.4, 0.5) is 0 Å². The van der Waals surface area contributed by atoms with Crippen molar-refractivity contribution >= 4 is 16.2 Å². The molecule has 7 heteroatoms. The molecule has 1 N–H and O–H groups in total. The summed E-state index contributed by atoms with van der Waals surface area (Å²) >= 11 is 0. The first-order valence-corrected chi connectivity index (χ1v) is 10.5. The van der Waals surface area contributed by atoms with Gasteiger partial charge in [0.05, 0.1) is 5.56 Å². The number of carbonyl (C=O) groups is 1. The quantitative estimate of drug-likeness (QED) is 0.889. The molecule has 2 saturated heterocycles. The van der Waals surface area contributed by atoms with E-state index in [2.05, 4.69) is 0 Å². The number of carboxylic acid groups (broad SMARTS) is 1. The molecule has 0 amide bonds. The van der Waals surface area contributed by atoms with E-state index in [4.69, 9.17) is 5.11 Å². The van der Waals surface area contributed by atoms with E-state index in [0.29, 0.717) is 26.2 Å². The molecule has 2 heterocycles. The Kier molecular flexibility index (Phi) is 5.76. The minimum absolute atomic E-state index is 0.123. The van der Waals surface area contributed by atoms with Crippen molar-refractivity contribution < 1.29 is 18.3 Å². The van der Waals surface area contributed by atoms with E-state index in [-0.39, 0.29) is 11.5 Å². The van der Waals surface area contributed by atoms with Crippen molar-refractivity contribution in [1.82, 2.24) is 8.61 Å². The molecule has 2 fully saturated rings. The van der Waals surface area contributed by atoms with Gasteiger partial charge in [-0.2, -0.15) is 17.0 Å². The zero-order valence-corrected chi connectivity index (χ0v) is 15.2. The van der Waals surface area contributed by atoms with Gasteiger partial charge in [0.1, 0.15) is 0 Å². The number of rotatable bonds is 4. The number of benzene rings is 1. The largest absolute Gasteiger partial charge is 0.478 e. The maximum Gasteiger partial charge on any atom is 0.335 e. The van der Waals surface area contributed by atoms with Crippen LogP contribution in [0.1, 0.15) is 60.4 Å². The van der Waals surface area contributed by atoms with Crippen LogP contribution < -0.4 is 0 Å². The average molecular weight is 366 g/mol. The Morgan fingerprint density at radius 3 is 2.12 bits per heavy atom. The third-order valence-electron chi connectivity index (χ3n) is 5.23. The number of nitrogens with zero attached hydrogens (tertiary/aromatic N) is 2. The van der Waals surface area contributed by atoms with Crippen LogP contribution in [0, 0.1) is 0 Å². The summed E-state index contributed by atoms with van der Waals surface area (Å²) in [6.45, 7) is 2.29. The smallest absolute Gasteiger partial charge is 0.335 e. The third kappa shape index (κ3) is 4.22. The predicted molar refractivity (Wildman–Crippen MR) is 95.9 cm³/mol. The highest BCUT2D eigenvalue weighted by Gasteiger charge is 2.34. The first kappa shape index (κ1) is 18.4. The van der Waals surface area contributed by atoms with Gasteiger partial charge in [-0.25, -0.2) is 4.79 Å². The fraction of sp³-hybridized carbons (Fsp3) is 0.611. The molecule has 25 heavy (non-hydrogen) atoms. The molecule has 0 bridgehead atoms. The van der Waals surface area contributed by atoms with Crippen LogP contribution >= 0.6 is 0 Å². The predicted octanol–water partition coefficient (Wildman–Crippen LogP) is 2.69. The summed E-state index contributed by atoms with van der Waals surface area (Å²) in [5.74, 6) is -0.820. The van der Waals surface area contributed by atoms with Crippen molar-refractivity contribution in [2.24, 2.45) is 0 Å². The molecule has 6 nitrogen and oxygen atoms in total. The van der Waals surface area contributed by atoms with Crippen molar-refractivity contribution in [2.75, 3.05) is 26.2 Å². The summed E-state index contributed by atoms with van der Waals surface area (Å²) in [7, 11) is -3.40. The minimum atomic E-state index is -3.40. The number of aromatic carboxylic acids is 1. The Labute approximate surface area is 149 Å². The molecule has 0 aliphatic carbocycles. The van der Waals surface area contributed by atoms with Gasteiger partial charge < -0.3 is 5.11 Å². The maximum absolute atomic E-state index is 13.0. The SMILES string of the molecule is O=C(O)c1ccc([C@@H]2CCCN(S(=O)(=O)N3CCCCCC3)C2)cc1. The zero-order chi connectivity index (χ0) is 17.9. The van der Waals surface area contributed by atoms with Crippen LogP contribution in [0.25, 0.3) is 0 Å². The van der Waals surface area contributed by atoms with Crippen molar-refractivity contribution in [3.8, 4) is 0 Å². The minimum Gasteiger partial charge on any atom is -0.478 e. The van der Waals surface area contributed by atoms with Crippen molar-refractivity contribution in [1.29, 1.82) is 0 Å². The lowest BCUT2D eigenvalue weighted by molar-refractivity contribution is 0.0697. The Morgan fingerprint density at radius 1 is 0.920 bits per heavy atom. The molecule has 1 aromatic carbocycles. The lowest BCUT2D eigenvalue weighted by Crippen LogP contribution is -2.47. The lowest BCUT2D eigenvalue weighted by atomic mass is 9.91. The molecule has 1 aromatic rings. The Hall–Kier alpha value is -1.44. The van der Waals surface area contributed by atoms with Gasteiger partial charge in [-0.1, -0.05) is 25.0 Å². The second-order valence-electron chi connectivity index (χ2n) is 6.95. The molecule has 0 unspecified atom stereocenters. The summed E-state index contributed by atoms with van der Waals surface area (Å²) in [6, 6.07) is 6.83. The summed E-state index contributed by atoms with van der Waals surface area (Å²) in [5.41, 5.74) is 1.27. The summed E-state index contributed by atoms with van der Waals surface area (Å²) in [6.07, 6.45) is 5.84. The van der Waals surface area contributed by atoms with E-state index in [0.717, 1.165) is 44.1 Å². The van der Waals surface area contributed by atoms with Crippen molar-refractivity contribution in [2.45, 2.75) is 44.4 Å². The molecular weight excluding hydrogens is 340 g/mol. The molecule has 138 valence electrons. The van der Waals surface area contributed by atoms with Crippen molar-refractivity contribution in [3.63, 3.8) is 0 Å². The van der Waals surface area contributed by atoms with Crippen LogP contribution in [0.5, 0.6) is 0 Å². The number of piperidine rings is 1. The summed E-state index contributed by atoms with van der Waals surface area (Å²) in [5, 5.41) is 9.01. The molecule has 0 saturated carbocycles. The van der Waals surface area contributed by atoms with Crippen LogP contribution in [-0.2, 0) is 10.2 Å². The van der Waals surface area contributed by atoms with E-state index in [9.17, 15) is 13.2 Å². The number of hydrogen-bond donors (Lipinski definition) is 1. The highest BCUT2D eigenvalue weighted by atomic mass is 32.2. The van der Waals surface area contributed by atoms with Gasteiger partial charge in [-0.15, -0.1) is 0 Å². The lowest BCUT2D eigenvalue weighted by Gasteiger charge is -2.35. The van der Waals surface area contributed by atoms with E-state index in [1.165, 1.54) is 0 Å². The molecular formula is C18H26N2O4S. The zero-order valence-electron chi connectivity index (χ0n) is 14.4. The maximum atomic E-state index is 13.0. The van der Waals surface area contributed by atoms with E-state index >= 15 is 0 Å². The molecule has 0 spiro atoms. The Balaban J connectivity index is 1.72. The fourth-order valence-corrected chi connectivity index (χ4v) is 5.53. The average Bonchev–Trinajstić information content (AvgIpc) is 2.92. The molecule has 1 atom stereocenters. The second-order valence-corrected chi connectivity index (χ2v) is 8.87. The third-order valence-corrected chi connectivity index (χ3v) is 7.23. The van der Waals surface area contributed by atoms with Crippen LogP contribution in [0.2, 0.25) is 0 Å². The fourth-order valence-electron chi connectivity index (χ4n) is 3.76. The Bertz CT molecular complexity index is 694. The summed E-state index contributed by atoms with van der Waals surface area (Å²) < 4.78 is 29.2. The van der Waals surface area contributed by atoms with Gasteiger partial charge in [0, 0.05) is 26.2 Å². The van der Waals surface area contributed by atoms with Crippen molar-refractivity contribution in [3.05, 3.63) is 35.4 Å². The van der Waals surface area contributed by atoms with Crippen LogP contribution in [0.15, 0.2) is 24.3 Å². The highest BCUT2D eigenvalue weighted by molar-refractivity contribution is 7.86. The van der Waals surface area contributed by atoms with E-state index in [1.54, 1.807) is 20.7 Å². The van der Waals surface area contributed by atoms with Gasteiger partial charge in [0.25, 0.3) is 10.2 Å². The highest BCUT2D eigenvalue weighted by Crippen LogP contribution is 2.30. The van der Waals surface area contributed by atoms with Gasteiger partial charge in [0.2, 0.25) is 0 Å². The first-order valence-electron chi connectivity index (χ1n) is 9.07. The number of carboxylic acids is 1. The van der Waals surface area contributed by atoms with E-state index in [1.807, 2.05) is 12.1 Å². The van der Waals surface area contributed by atoms with Gasteiger partial charge >= 0.3 is 5.97 Å². The molecule has 2 aliphatic rings. The number of hydrogen-bond acceptors (Lipinski definition) is 3. The molecule has 2 aliphatic heterocycles. The van der Waals surface area contributed by atoms with Gasteiger partial charge in [0.15, 0.2) is 0 Å². The topological polar surface area (TPSA) is 77.9 Å². The molecule has 3 rings (SSSR count). The van der Waals surface area contributed by atoms with Crippen LogP contribution in [-0.4, -0.2) is 54.3 Å². The standard InChI is InChI=1S/C18H26N2O4S/c21-18(22)16-9-7-15(8-10-16)17-6-5-13-20(14-17)25(23,24)19-11-3-1-2-4-12-19/h7-10,17H,1-6,11-14H2,(H,21,22)/t17-/m1/s1. The summed E-state index contributed by atoms with van der Waals surface area (Å²) in [4.78, 5) is 11.0. The van der Waals surface area contributed by atoms with E-state index < -0.39 is 16.2 Å². The molecule has 0 aromatic heterocycles. The Morgan fingerprint density at radius 2 is 1.52 bits per heavy atom. The van der Waals surface area contributed by atoms with Gasteiger partial charge in [-0.3, -0.25) is 0 Å².